The number of nitrogens with zero attached hydrogens (tertiary/aromatic N) is 3. The molecule has 0 fully saturated rings. The molecule has 0 unspecified atom stereocenters. The number of hydrogen-bond donors (Lipinski definition) is 0. The van der Waals surface area contributed by atoms with Crippen LogP contribution in [0.2, 0.25) is 0 Å². The lowest BCUT2D eigenvalue weighted by Gasteiger charge is -2.19. The van der Waals surface area contributed by atoms with Gasteiger partial charge in [0.15, 0.2) is 0 Å². The first kappa shape index (κ1) is 20.3. The van der Waals surface area contributed by atoms with E-state index in [1.54, 1.807) is 13.4 Å². The van der Waals surface area contributed by atoms with E-state index in [0.717, 1.165) is 22.8 Å². The lowest BCUT2D eigenvalue weighted by molar-refractivity contribution is 0.0662. The SMILES string of the molecule is CCCO/N=C1\c2cc3ccccc3cc2C(=O)c2c1ncn2CCOCCOC. The third-order valence-electron chi connectivity index (χ3n) is 5.02. The van der Waals surface area contributed by atoms with E-state index < -0.39 is 0 Å². The van der Waals surface area contributed by atoms with Gasteiger partial charge in [0.05, 0.1) is 26.1 Å². The molecule has 0 atom stereocenters. The second-order valence-corrected chi connectivity index (χ2v) is 7.09. The Kier molecular flexibility index (Phi) is 6.21. The average molecular weight is 407 g/mol. The molecule has 1 aromatic heterocycles. The minimum absolute atomic E-state index is 0.0606. The van der Waals surface area contributed by atoms with Crippen LogP contribution < -0.4 is 0 Å². The summed E-state index contributed by atoms with van der Waals surface area (Å²) < 4.78 is 12.4. The number of imidazole rings is 1. The van der Waals surface area contributed by atoms with Gasteiger partial charge in [0.1, 0.15) is 23.7 Å². The number of ether oxygens (including phenoxy) is 2. The van der Waals surface area contributed by atoms with Gasteiger partial charge in [-0.3, -0.25) is 4.79 Å². The van der Waals surface area contributed by atoms with Crippen LogP contribution in [-0.4, -0.2) is 54.6 Å². The van der Waals surface area contributed by atoms with Crippen molar-refractivity contribution in [2.75, 3.05) is 33.5 Å². The Labute approximate surface area is 175 Å². The van der Waals surface area contributed by atoms with E-state index in [1.165, 1.54) is 0 Å². The monoisotopic (exact) mass is 407 g/mol. The number of ketones is 1. The van der Waals surface area contributed by atoms with Crippen molar-refractivity contribution >= 4 is 22.3 Å². The molecule has 0 N–H and O–H groups in total. The summed E-state index contributed by atoms with van der Waals surface area (Å²) >= 11 is 0. The van der Waals surface area contributed by atoms with Crippen LogP contribution in [0.3, 0.4) is 0 Å². The summed E-state index contributed by atoms with van der Waals surface area (Å²) in [5.74, 6) is -0.0606. The van der Waals surface area contributed by atoms with Gasteiger partial charge in [-0.2, -0.15) is 0 Å². The van der Waals surface area contributed by atoms with Crippen LogP contribution in [0, 0.1) is 0 Å². The Balaban J connectivity index is 1.73. The molecule has 1 aliphatic rings. The molecule has 0 saturated heterocycles. The maximum Gasteiger partial charge on any atom is 0.212 e. The van der Waals surface area contributed by atoms with Crippen molar-refractivity contribution < 1.29 is 19.1 Å². The predicted molar refractivity (Wildman–Crippen MR) is 114 cm³/mol. The van der Waals surface area contributed by atoms with E-state index >= 15 is 0 Å². The fraction of sp³-hybridized carbons (Fsp3) is 0.348. The van der Waals surface area contributed by atoms with Crippen molar-refractivity contribution in [3.8, 4) is 0 Å². The Morgan fingerprint density at radius 1 is 1.03 bits per heavy atom. The first-order chi connectivity index (χ1) is 14.7. The molecule has 7 heteroatoms. The molecule has 4 rings (SSSR count). The van der Waals surface area contributed by atoms with Gasteiger partial charge in [0.2, 0.25) is 5.78 Å². The van der Waals surface area contributed by atoms with Crippen molar-refractivity contribution in [3.05, 3.63) is 65.2 Å². The molecule has 0 radical (unpaired) electrons. The van der Waals surface area contributed by atoms with Crippen LogP contribution in [-0.2, 0) is 20.9 Å². The quantitative estimate of drug-likeness (QED) is 0.314. The number of rotatable bonds is 9. The fourth-order valence-corrected chi connectivity index (χ4v) is 3.54. The minimum atomic E-state index is -0.0606. The number of fused-ring (bicyclic) bond motifs is 3. The highest BCUT2D eigenvalue weighted by atomic mass is 16.6. The van der Waals surface area contributed by atoms with Crippen LogP contribution in [0.1, 0.15) is 40.7 Å². The topological polar surface area (TPSA) is 74.9 Å². The number of carbonyl (C=O) groups excluding carboxylic acids is 1. The smallest absolute Gasteiger partial charge is 0.212 e. The predicted octanol–water partition coefficient (Wildman–Crippen LogP) is 3.42. The largest absolute Gasteiger partial charge is 0.395 e. The van der Waals surface area contributed by atoms with Crippen LogP contribution in [0.4, 0.5) is 0 Å². The van der Waals surface area contributed by atoms with Gasteiger partial charge in [-0.1, -0.05) is 36.3 Å². The van der Waals surface area contributed by atoms with Crippen molar-refractivity contribution in [1.29, 1.82) is 0 Å². The molecule has 7 nitrogen and oxygen atoms in total. The zero-order chi connectivity index (χ0) is 20.9. The summed E-state index contributed by atoms with van der Waals surface area (Å²) in [4.78, 5) is 23.4. The van der Waals surface area contributed by atoms with Gasteiger partial charge in [0.25, 0.3) is 0 Å². The van der Waals surface area contributed by atoms with Crippen LogP contribution in [0.15, 0.2) is 47.9 Å². The standard InChI is InChI=1S/C23H25N3O4/c1-3-9-30-25-20-18-13-16-6-4-5-7-17(16)14-19(18)23(27)22-21(20)24-15-26(22)8-10-29-12-11-28-2/h4-7,13-15H,3,8-12H2,1-2H3/b25-20+. The van der Waals surface area contributed by atoms with Crippen LogP contribution >= 0.6 is 0 Å². The average Bonchev–Trinajstić information content (AvgIpc) is 3.19. The molecule has 1 heterocycles. The van der Waals surface area contributed by atoms with Gasteiger partial charge >= 0.3 is 0 Å². The van der Waals surface area contributed by atoms with Crippen LogP contribution in [0.5, 0.6) is 0 Å². The summed E-state index contributed by atoms with van der Waals surface area (Å²) in [5, 5.41) is 6.43. The maximum absolute atomic E-state index is 13.4. The normalized spacial score (nSPS) is 14.2. The molecule has 0 bridgehead atoms. The van der Waals surface area contributed by atoms with E-state index in [9.17, 15) is 4.79 Å². The minimum Gasteiger partial charge on any atom is -0.395 e. The highest BCUT2D eigenvalue weighted by Crippen LogP contribution is 2.31. The summed E-state index contributed by atoms with van der Waals surface area (Å²) in [6, 6.07) is 11.9. The number of benzene rings is 2. The highest BCUT2D eigenvalue weighted by Gasteiger charge is 2.33. The Bertz CT molecular complexity index is 1090. The van der Waals surface area contributed by atoms with Gasteiger partial charge in [-0.05, 0) is 29.3 Å². The lowest BCUT2D eigenvalue weighted by atomic mass is 9.87. The molecular weight excluding hydrogens is 382 g/mol. The van der Waals surface area contributed by atoms with E-state index in [-0.39, 0.29) is 5.78 Å². The number of aromatic nitrogens is 2. The zero-order valence-electron chi connectivity index (χ0n) is 17.3. The molecule has 156 valence electrons. The molecule has 3 aromatic rings. The zero-order valence-corrected chi connectivity index (χ0v) is 17.3. The number of hydrogen-bond acceptors (Lipinski definition) is 6. The number of oxime groups is 1. The van der Waals surface area contributed by atoms with Crippen molar-refractivity contribution in [3.63, 3.8) is 0 Å². The van der Waals surface area contributed by atoms with Crippen molar-refractivity contribution in [1.82, 2.24) is 9.55 Å². The third-order valence-corrected chi connectivity index (χ3v) is 5.02. The van der Waals surface area contributed by atoms with E-state index in [1.807, 2.05) is 47.9 Å². The molecular formula is C23H25N3O4. The van der Waals surface area contributed by atoms with E-state index in [2.05, 4.69) is 10.1 Å². The molecule has 0 amide bonds. The summed E-state index contributed by atoms with van der Waals surface area (Å²) in [5.41, 5.74) is 3.03. The Morgan fingerprint density at radius 3 is 2.53 bits per heavy atom. The Morgan fingerprint density at radius 2 is 1.80 bits per heavy atom. The van der Waals surface area contributed by atoms with Gasteiger partial charge in [-0.15, -0.1) is 0 Å². The molecule has 0 spiro atoms. The summed E-state index contributed by atoms with van der Waals surface area (Å²) in [6.07, 6.45) is 2.52. The van der Waals surface area contributed by atoms with E-state index in [0.29, 0.717) is 55.6 Å². The van der Waals surface area contributed by atoms with E-state index in [4.69, 9.17) is 14.3 Å². The lowest BCUT2D eigenvalue weighted by Crippen LogP contribution is -2.25. The number of methoxy groups -OCH3 is 1. The Hall–Kier alpha value is -3.03. The maximum atomic E-state index is 13.4. The van der Waals surface area contributed by atoms with Gasteiger partial charge < -0.3 is 18.9 Å². The second kappa shape index (κ2) is 9.19. The summed E-state index contributed by atoms with van der Waals surface area (Å²) in [7, 11) is 1.64. The molecule has 0 aliphatic heterocycles. The molecule has 0 saturated carbocycles. The first-order valence-electron chi connectivity index (χ1n) is 10.1. The second-order valence-electron chi connectivity index (χ2n) is 7.09. The summed E-state index contributed by atoms with van der Waals surface area (Å²) in [6.45, 7) is 4.55. The molecule has 2 aromatic carbocycles. The molecule has 30 heavy (non-hydrogen) atoms. The van der Waals surface area contributed by atoms with Crippen molar-refractivity contribution in [2.45, 2.75) is 19.9 Å². The highest BCUT2D eigenvalue weighted by molar-refractivity contribution is 6.29. The fourth-order valence-electron chi connectivity index (χ4n) is 3.54. The van der Waals surface area contributed by atoms with Crippen molar-refractivity contribution in [2.24, 2.45) is 5.16 Å². The number of carbonyl (C=O) groups is 1. The third kappa shape index (κ3) is 3.86. The first-order valence-corrected chi connectivity index (χ1v) is 10.1. The van der Waals surface area contributed by atoms with Gasteiger partial charge in [0, 0.05) is 24.8 Å². The van der Waals surface area contributed by atoms with Crippen LogP contribution in [0.25, 0.3) is 10.8 Å². The molecule has 1 aliphatic carbocycles. The van der Waals surface area contributed by atoms with Gasteiger partial charge in [-0.25, -0.2) is 4.98 Å².